The summed E-state index contributed by atoms with van der Waals surface area (Å²) in [6.45, 7) is 7.02. The third-order valence-electron chi connectivity index (χ3n) is 3.50. The van der Waals surface area contributed by atoms with Crippen molar-refractivity contribution in [3.8, 4) is 0 Å². The molecule has 1 heterocycles. The Morgan fingerprint density at radius 3 is 2.45 bits per heavy atom. The summed E-state index contributed by atoms with van der Waals surface area (Å²) in [7, 11) is 0. The summed E-state index contributed by atoms with van der Waals surface area (Å²) in [5.74, 6) is 1.05. The largest absolute Gasteiger partial charge is 0.444 e. The minimum atomic E-state index is -0.436. The van der Waals surface area contributed by atoms with Crippen molar-refractivity contribution in [1.29, 1.82) is 0 Å². The molecule has 0 aliphatic carbocycles. The lowest BCUT2D eigenvalue weighted by Crippen LogP contribution is -2.39. The van der Waals surface area contributed by atoms with Gasteiger partial charge in [-0.25, -0.2) is 4.79 Å². The molecule has 2 rings (SSSR count). The Morgan fingerprint density at radius 2 is 1.95 bits per heavy atom. The average molecular weight is 319 g/mol. The Bertz CT molecular complexity index is 543. The first kappa shape index (κ1) is 16.9. The fraction of sp³-hybridized carbons (Fsp3) is 0.500. The SMILES string of the molecule is CSCc1ccc(C2=CCN(C(=O)OC(C)(C)C)CC2)cc1. The van der Waals surface area contributed by atoms with Crippen molar-refractivity contribution in [2.45, 2.75) is 38.5 Å². The number of rotatable bonds is 3. The summed E-state index contributed by atoms with van der Waals surface area (Å²) in [4.78, 5) is 13.8. The number of amides is 1. The van der Waals surface area contributed by atoms with Gasteiger partial charge in [0.1, 0.15) is 5.60 Å². The maximum atomic E-state index is 12.0. The van der Waals surface area contributed by atoms with Gasteiger partial charge in [-0.3, -0.25) is 0 Å². The van der Waals surface area contributed by atoms with Gasteiger partial charge in [0.05, 0.1) is 0 Å². The molecule has 120 valence electrons. The molecule has 0 spiro atoms. The van der Waals surface area contributed by atoms with Crippen molar-refractivity contribution in [2.75, 3.05) is 19.3 Å². The van der Waals surface area contributed by atoms with Crippen LogP contribution in [0.25, 0.3) is 5.57 Å². The monoisotopic (exact) mass is 319 g/mol. The number of carbonyl (C=O) groups excluding carboxylic acids is 1. The van der Waals surface area contributed by atoms with Gasteiger partial charge in [-0.15, -0.1) is 0 Å². The maximum absolute atomic E-state index is 12.0. The second kappa shape index (κ2) is 7.23. The van der Waals surface area contributed by atoms with E-state index < -0.39 is 5.60 Å². The fourth-order valence-corrected chi connectivity index (χ4v) is 2.93. The Morgan fingerprint density at radius 1 is 1.27 bits per heavy atom. The third-order valence-corrected chi connectivity index (χ3v) is 4.12. The zero-order valence-corrected chi connectivity index (χ0v) is 14.7. The van der Waals surface area contributed by atoms with Crippen LogP contribution >= 0.6 is 11.8 Å². The Balaban J connectivity index is 1.97. The highest BCUT2D eigenvalue weighted by molar-refractivity contribution is 7.97. The molecule has 1 aliphatic heterocycles. The first-order chi connectivity index (χ1) is 10.4. The molecule has 1 aromatic carbocycles. The molecule has 3 nitrogen and oxygen atoms in total. The summed E-state index contributed by atoms with van der Waals surface area (Å²) in [6.07, 6.45) is 4.90. The molecule has 0 radical (unpaired) electrons. The first-order valence-corrected chi connectivity index (χ1v) is 9.03. The van der Waals surface area contributed by atoms with Crippen LogP contribution in [0.5, 0.6) is 0 Å². The van der Waals surface area contributed by atoms with Gasteiger partial charge in [0, 0.05) is 18.8 Å². The predicted molar refractivity (Wildman–Crippen MR) is 94.1 cm³/mol. The smallest absolute Gasteiger partial charge is 0.410 e. The summed E-state index contributed by atoms with van der Waals surface area (Å²) in [5.41, 5.74) is 3.49. The fourth-order valence-electron chi connectivity index (χ4n) is 2.41. The molecule has 0 bridgehead atoms. The van der Waals surface area contributed by atoms with Crippen LogP contribution in [0.1, 0.15) is 38.3 Å². The minimum Gasteiger partial charge on any atom is -0.444 e. The van der Waals surface area contributed by atoms with Crippen molar-refractivity contribution in [3.63, 3.8) is 0 Å². The average Bonchev–Trinajstić information content (AvgIpc) is 2.47. The van der Waals surface area contributed by atoms with Crippen molar-refractivity contribution in [2.24, 2.45) is 0 Å². The number of nitrogens with zero attached hydrogens (tertiary/aromatic N) is 1. The van der Waals surface area contributed by atoms with E-state index in [0.717, 1.165) is 12.2 Å². The lowest BCUT2D eigenvalue weighted by molar-refractivity contribution is 0.0270. The van der Waals surface area contributed by atoms with Crippen molar-refractivity contribution < 1.29 is 9.53 Å². The van der Waals surface area contributed by atoms with E-state index in [1.54, 1.807) is 4.90 Å². The zero-order valence-electron chi connectivity index (χ0n) is 13.9. The molecule has 0 saturated heterocycles. The van der Waals surface area contributed by atoms with Gasteiger partial charge in [0.15, 0.2) is 0 Å². The van der Waals surface area contributed by atoms with E-state index in [0.29, 0.717) is 13.1 Å². The molecule has 0 atom stereocenters. The van der Waals surface area contributed by atoms with Gasteiger partial charge in [0.25, 0.3) is 0 Å². The van der Waals surface area contributed by atoms with Gasteiger partial charge in [-0.05, 0) is 50.1 Å². The van der Waals surface area contributed by atoms with E-state index in [9.17, 15) is 4.79 Å². The number of thioether (sulfide) groups is 1. The summed E-state index contributed by atoms with van der Waals surface area (Å²) in [5, 5.41) is 0. The molecule has 0 unspecified atom stereocenters. The molecular formula is C18H25NO2S. The van der Waals surface area contributed by atoms with E-state index >= 15 is 0 Å². The maximum Gasteiger partial charge on any atom is 0.410 e. The van der Waals surface area contributed by atoms with Crippen LogP contribution in [0.2, 0.25) is 0 Å². The third kappa shape index (κ3) is 4.80. The van der Waals surface area contributed by atoms with Crippen LogP contribution < -0.4 is 0 Å². The number of benzene rings is 1. The molecule has 0 aromatic heterocycles. The van der Waals surface area contributed by atoms with Gasteiger partial charge in [-0.1, -0.05) is 30.3 Å². The highest BCUT2D eigenvalue weighted by Crippen LogP contribution is 2.24. The second-order valence-electron chi connectivity index (χ2n) is 6.54. The van der Waals surface area contributed by atoms with E-state index in [-0.39, 0.29) is 6.09 Å². The molecular weight excluding hydrogens is 294 g/mol. The topological polar surface area (TPSA) is 29.5 Å². The molecule has 1 amide bonds. The zero-order chi connectivity index (χ0) is 16.2. The van der Waals surface area contributed by atoms with Crippen molar-refractivity contribution in [1.82, 2.24) is 4.90 Å². The van der Waals surface area contributed by atoms with Gasteiger partial charge in [-0.2, -0.15) is 11.8 Å². The minimum absolute atomic E-state index is 0.224. The molecule has 1 aromatic rings. The quantitative estimate of drug-likeness (QED) is 0.817. The van der Waals surface area contributed by atoms with Crippen molar-refractivity contribution in [3.05, 3.63) is 41.5 Å². The van der Waals surface area contributed by atoms with Gasteiger partial charge < -0.3 is 9.64 Å². The highest BCUT2D eigenvalue weighted by Gasteiger charge is 2.23. The van der Waals surface area contributed by atoms with Crippen LogP contribution in [0.3, 0.4) is 0 Å². The lowest BCUT2D eigenvalue weighted by atomic mass is 9.99. The molecule has 0 fully saturated rings. The van der Waals surface area contributed by atoms with E-state index in [1.165, 1.54) is 16.7 Å². The van der Waals surface area contributed by atoms with E-state index in [1.807, 2.05) is 32.5 Å². The summed E-state index contributed by atoms with van der Waals surface area (Å²) >= 11 is 1.83. The second-order valence-corrected chi connectivity index (χ2v) is 7.40. The molecule has 4 heteroatoms. The van der Waals surface area contributed by atoms with Gasteiger partial charge in [0.2, 0.25) is 0 Å². The Labute approximate surface area is 137 Å². The first-order valence-electron chi connectivity index (χ1n) is 7.64. The summed E-state index contributed by atoms with van der Waals surface area (Å²) < 4.78 is 5.42. The standard InChI is InChI=1S/C18H25NO2S/c1-18(2,3)21-17(20)19-11-9-16(10-12-19)15-7-5-14(6-8-15)13-22-4/h5-9H,10-13H2,1-4H3. The molecule has 0 N–H and O–H groups in total. The van der Waals surface area contributed by atoms with Crippen LogP contribution in [0, 0.1) is 0 Å². The van der Waals surface area contributed by atoms with Crippen LogP contribution in [0.4, 0.5) is 4.79 Å². The van der Waals surface area contributed by atoms with Crippen LogP contribution in [0.15, 0.2) is 30.3 Å². The van der Waals surface area contributed by atoms with Gasteiger partial charge >= 0.3 is 6.09 Å². The molecule has 1 aliphatic rings. The number of carbonyl (C=O) groups is 1. The Hall–Kier alpha value is -1.42. The van der Waals surface area contributed by atoms with E-state index in [2.05, 4.69) is 36.6 Å². The van der Waals surface area contributed by atoms with E-state index in [4.69, 9.17) is 4.74 Å². The lowest BCUT2D eigenvalue weighted by Gasteiger charge is -2.29. The summed E-state index contributed by atoms with van der Waals surface area (Å²) in [6, 6.07) is 8.74. The van der Waals surface area contributed by atoms with Crippen molar-refractivity contribution >= 4 is 23.4 Å². The normalized spacial score (nSPS) is 15.5. The number of hydrogen-bond acceptors (Lipinski definition) is 3. The number of hydrogen-bond donors (Lipinski definition) is 0. The Kier molecular flexibility index (Phi) is 5.57. The number of ether oxygens (including phenoxy) is 1. The molecule has 0 saturated carbocycles. The van der Waals surface area contributed by atoms with Crippen LogP contribution in [-0.4, -0.2) is 35.9 Å². The molecule has 22 heavy (non-hydrogen) atoms. The predicted octanol–water partition coefficient (Wildman–Crippen LogP) is 4.57. The van der Waals surface area contributed by atoms with Crippen LogP contribution in [-0.2, 0) is 10.5 Å². The highest BCUT2D eigenvalue weighted by atomic mass is 32.2.